The van der Waals surface area contributed by atoms with E-state index in [1.165, 1.54) is 0 Å². The molecule has 110 valence electrons. The summed E-state index contributed by atoms with van der Waals surface area (Å²) in [5.74, 6) is 0. The predicted octanol–water partition coefficient (Wildman–Crippen LogP) is -0.769. The van der Waals surface area contributed by atoms with Gasteiger partial charge in [0, 0.05) is 12.4 Å². The van der Waals surface area contributed by atoms with Crippen LogP contribution in [0.2, 0.25) is 0 Å². The highest BCUT2D eigenvalue weighted by Gasteiger charge is 2.01. The SMILES string of the molecule is OCC(CO)N=Cc1ccc(C=NC(CO)CO)cc1. The number of benzene rings is 1. The van der Waals surface area contributed by atoms with Crippen molar-refractivity contribution in [2.75, 3.05) is 26.4 Å². The monoisotopic (exact) mass is 280 g/mol. The molecule has 0 saturated carbocycles. The van der Waals surface area contributed by atoms with Crippen molar-refractivity contribution < 1.29 is 20.4 Å². The van der Waals surface area contributed by atoms with Crippen molar-refractivity contribution in [3.63, 3.8) is 0 Å². The van der Waals surface area contributed by atoms with Gasteiger partial charge in [-0.15, -0.1) is 0 Å². The van der Waals surface area contributed by atoms with Gasteiger partial charge in [-0.25, -0.2) is 0 Å². The lowest BCUT2D eigenvalue weighted by molar-refractivity contribution is 0.195. The number of aliphatic hydroxyl groups is 4. The Balaban J connectivity index is 2.64. The Morgan fingerprint density at radius 3 is 1.25 bits per heavy atom. The lowest BCUT2D eigenvalue weighted by Gasteiger charge is -2.04. The molecule has 1 aromatic rings. The Kier molecular flexibility index (Phi) is 7.67. The number of aliphatic imine (C=N–C) groups is 2. The summed E-state index contributed by atoms with van der Waals surface area (Å²) in [7, 11) is 0. The third kappa shape index (κ3) is 5.58. The second kappa shape index (κ2) is 9.33. The molecule has 0 amide bonds. The third-order valence-corrected chi connectivity index (χ3v) is 2.65. The van der Waals surface area contributed by atoms with Crippen molar-refractivity contribution in [2.24, 2.45) is 9.98 Å². The second-order valence-electron chi connectivity index (χ2n) is 4.26. The zero-order chi connectivity index (χ0) is 14.8. The van der Waals surface area contributed by atoms with Crippen LogP contribution in [0.4, 0.5) is 0 Å². The van der Waals surface area contributed by atoms with Crippen molar-refractivity contribution in [2.45, 2.75) is 12.1 Å². The molecule has 20 heavy (non-hydrogen) atoms. The second-order valence-corrected chi connectivity index (χ2v) is 4.26. The van der Waals surface area contributed by atoms with Crippen molar-refractivity contribution in [1.29, 1.82) is 0 Å². The topological polar surface area (TPSA) is 106 Å². The van der Waals surface area contributed by atoms with Gasteiger partial charge in [0.1, 0.15) is 0 Å². The predicted molar refractivity (Wildman–Crippen MR) is 77.5 cm³/mol. The van der Waals surface area contributed by atoms with Crippen molar-refractivity contribution in [3.05, 3.63) is 35.4 Å². The van der Waals surface area contributed by atoms with E-state index >= 15 is 0 Å². The van der Waals surface area contributed by atoms with Crippen LogP contribution < -0.4 is 0 Å². The average molecular weight is 280 g/mol. The van der Waals surface area contributed by atoms with Crippen LogP contribution >= 0.6 is 0 Å². The molecular formula is C14H20N2O4. The smallest absolute Gasteiger partial charge is 0.0960 e. The third-order valence-electron chi connectivity index (χ3n) is 2.65. The van der Waals surface area contributed by atoms with Crippen LogP contribution in [0.1, 0.15) is 11.1 Å². The molecule has 6 nitrogen and oxygen atoms in total. The van der Waals surface area contributed by atoms with Crippen molar-refractivity contribution in [3.8, 4) is 0 Å². The van der Waals surface area contributed by atoms with Crippen LogP contribution in [0.25, 0.3) is 0 Å². The molecule has 0 aliphatic rings. The van der Waals surface area contributed by atoms with E-state index in [0.717, 1.165) is 11.1 Å². The van der Waals surface area contributed by atoms with Gasteiger partial charge in [0.25, 0.3) is 0 Å². The molecule has 0 unspecified atom stereocenters. The van der Waals surface area contributed by atoms with Gasteiger partial charge < -0.3 is 20.4 Å². The maximum absolute atomic E-state index is 8.88. The Morgan fingerprint density at radius 2 is 1.00 bits per heavy atom. The molecule has 0 aromatic heterocycles. The zero-order valence-electron chi connectivity index (χ0n) is 11.1. The first-order valence-corrected chi connectivity index (χ1v) is 6.33. The van der Waals surface area contributed by atoms with Crippen LogP contribution in [0.5, 0.6) is 0 Å². The highest BCUT2D eigenvalue weighted by Crippen LogP contribution is 2.02. The number of nitrogens with zero attached hydrogens (tertiary/aromatic N) is 2. The molecule has 0 atom stereocenters. The minimum Gasteiger partial charge on any atom is -0.394 e. The van der Waals surface area contributed by atoms with Gasteiger partial charge in [-0.1, -0.05) is 24.3 Å². The molecule has 0 aliphatic carbocycles. The largest absolute Gasteiger partial charge is 0.394 e. The summed E-state index contributed by atoms with van der Waals surface area (Å²) in [6.07, 6.45) is 3.17. The first-order chi connectivity index (χ1) is 9.73. The fourth-order valence-electron chi connectivity index (χ4n) is 1.36. The molecule has 0 heterocycles. The van der Waals surface area contributed by atoms with Gasteiger partial charge in [0.2, 0.25) is 0 Å². The number of hydrogen-bond donors (Lipinski definition) is 4. The molecule has 0 bridgehead atoms. The van der Waals surface area contributed by atoms with Gasteiger partial charge in [0.15, 0.2) is 0 Å². The van der Waals surface area contributed by atoms with Crippen LogP contribution in [0.3, 0.4) is 0 Å². The van der Waals surface area contributed by atoms with Gasteiger partial charge in [-0.05, 0) is 11.1 Å². The minimum absolute atomic E-state index is 0.193. The molecule has 0 fully saturated rings. The summed E-state index contributed by atoms with van der Waals surface area (Å²) in [5, 5.41) is 35.5. The van der Waals surface area contributed by atoms with Crippen LogP contribution in [0, 0.1) is 0 Å². The molecule has 1 aromatic carbocycles. The van der Waals surface area contributed by atoms with E-state index in [-0.39, 0.29) is 26.4 Å². The van der Waals surface area contributed by atoms with Gasteiger partial charge in [-0.2, -0.15) is 0 Å². The quantitative estimate of drug-likeness (QED) is 0.469. The molecule has 0 aliphatic heterocycles. The van der Waals surface area contributed by atoms with Crippen LogP contribution in [-0.2, 0) is 0 Å². The van der Waals surface area contributed by atoms with Gasteiger partial charge in [-0.3, -0.25) is 9.98 Å². The summed E-state index contributed by atoms with van der Waals surface area (Å²) >= 11 is 0. The van der Waals surface area contributed by atoms with E-state index in [4.69, 9.17) is 20.4 Å². The molecule has 0 saturated heterocycles. The normalized spacial score (nSPS) is 12.3. The van der Waals surface area contributed by atoms with Crippen molar-refractivity contribution in [1.82, 2.24) is 0 Å². The van der Waals surface area contributed by atoms with E-state index in [1.54, 1.807) is 12.4 Å². The number of rotatable bonds is 8. The lowest BCUT2D eigenvalue weighted by Crippen LogP contribution is -2.15. The van der Waals surface area contributed by atoms with Gasteiger partial charge >= 0.3 is 0 Å². The first-order valence-electron chi connectivity index (χ1n) is 6.33. The van der Waals surface area contributed by atoms with Crippen molar-refractivity contribution >= 4 is 12.4 Å². The fourth-order valence-corrected chi connectivity index (χ4v) is 1.36. The van der Waals surface area contributed by atoms with E-state index in [9.17, 15) is 0 Å². The summed E-state index contributed by atoms with van der Waals surface area (Å²) in [6, 6.07) is 6.30. The number of aliphatic hydroxyl groups excluding tert-OH is 4. The number of hydrogen-bond acceptors (Lipinski definition) is 6. The van der Waals surface area contributed by atoms with E-state index < -0.39 is 12.1 Å². The summed E-state index contributed by atoms with van der Waals surface area (Å²) in [6.45, 7) is -0.772. The Hall–Kier alpha value is -1.60. The zero-order valence-corrected chi connectivity index (χ0v) is 11.1. The van der Waals surface area contributed by atoms with E-state index in [1.807, 2.05) is 24.3 Å². The first kappa shape index (κ1) is 16.5. The Morgan fingerprint density at radius 1 is 0.700 bits per heavy atom. The maximum Gasteiger partial charge on any atom is 0.0960 e. The lowest BCUT2D eigenvalue weighted by atomic mass is 10.1. The standard InChI is InChI=1S/C14H20N2O4/c17-7-13(8-18)15-5-11-1-2-12(4-3-11)6-16-14(9-19)10-20/h1-6,13-14,17-20H,7-10H2. The summed E-state index contributed by atoms with van der Waals surface area (Å²) in [5.41, 5.74) is 1.69. The average Bonchev–Trinajstić information content (AvgIpc) is 2.50. The summed E-state index contributed by atoms with van der Waals surface area (Å²) in [4.78, 5) is 8.07. The maximum atomic E-state index is 8.88. The molecule has 6 heteroatoms. The highest BCUT2D eigenvalue weighted by atomic mass is 16.3. The molecule has 0 spiro atoms. The Bertz CT molecular complexity index is 382. The van der Waals surface area contributed by atoms with E-state index in [2.05, 4.69) is 9.98 Å². The molecular weight excluding hydrogens is 260 g/mol. The van der Waals surface area contributed by atoms with Crippen LogP contribution in [-0.4, -0.2) is 71.4 Å². The molecule has 1 rings (SSSR count). The summed E-state index contributed by atoms with van der Waals surface area (Å²) < 4.78 is 0. The van der Waals surface area contributed by atoms with E-state index in [0.29, 0.717) is 0 Å². The fraction of sp³-hybridized carbons (Fsp3) is 0.429. The highest BCUT2D eigenvalue weighted by molar-refractivity contribution is 5.84. The van der Waals surface area contributed by atoms with Crippen LogP contribution in [0.15, 0.2) is 34.3 Å². The Labute approximate surface area is 117 Å². The van der Waals surface area contributed by atoms with Gasteiger partial charge in [0.05, 0.1) is 38.5 Å². The minimum atomic E-state index is -0.494. The molecule has 4 N–H and O–H groups in total. The molecule has 0 radical (unpaired) electrons.